The van der Waals surface area contributed by atoms with Crippen LogP contribution in [0.4, 0.5) is 5.69 Å². The van der Waals surface area contributed by atoms with E-state index in [0.717, 1.165) is 18.7 Å². The van der Waals surface area contributed by atoms with Gasteiger partial charge in [-0.25, -0.2) is 0 Å². The molecule has 13 heavy (non-hydrogen) atoms. The van der Waals surface area contributed by atoms with Crippen LogP contribution in [0.1, 0.15) is 6.42 Å². The lowest BCUT2D eigenvalue weighted by Crippen LogP contribution is -2.19. The van der Waals surface area contributed by atoms with Gasteiger partial charge in [-0.15, -0.1) is 0 Å². The normalized spacial score (nSPS) is 10.0. The topological polar surface area (TPSA) is 43.7 Å². The van der Waals surface area contributed by atoms with E-state index in [9.17, 15) is 5.11 Å². The first kappa shape index (κ1) is 9.86. The third kappa shape index (κ3) is 2.95. The minimum atomic E-state index is 0.198. The zero-order valence-electron chi connectivity index (χ0n) is 7.77. The molecule has 0 unspecified atom stereocenters. The van der Waals surface area contributed by atoms with Gasteiger partial charge in [0.1, 0.15) is 5.75 Å². The summed E-state index contributed by atoms with van der Waals surface area (Å²) in [5.41, 5.74) is 0.966. The fourth-order valence-electron chi connectivity index (χ4n) is 1.17. The summed E-state index contributed by atoms with van der Waals surface area (Å²) >= 11 is 0. The van der Waals surface area contributed by atoms with Crippen molar-refractivity contribution < 1.29 is 10.2 Å². The van der Waals surface area contributed by atoms with E-state index in [0.29, 0.717) is 0 Å². The molecule has 1 aromatic carbocycles. The van der Waals surface area contributed by atoms with Crippen LogP contribution in [-0.4, -0.2) is 30.4 Å². The smallest absolute Gasteiger partial charge is 0.117 e. The second kappa shape index (κ2) is 4.72. The van der Waals surface area contributed by atoms with Crippen LogP contribution in [0.25, 0.3) is 0 Å². The monoisotopic (exact) mass is 181 g/mol. The van der Waals surface area contributed by atoms with Crippen molar-refractivity contribution in [1.82, 2.24) is 0 Å². The van der Waals surface area contributed by atoms with Crippen molar-refractivity contribution in [2.24, 2.45) is 0 Å². The Bertz CT molecular complexity index is 263. The molecule has 3 heteroatoms. The molecule has 0 spiro atoms. The quantitative estimate of drug-likeness (QED) is 0.733. The molecular weight excluding hydrogens is 166 g/mol. The van der Waals surface area contributed by atoms with Crippen LogP contribution in [0.5, 0.6) is 5.75 Å². The molecule has 0 aromatic heterocycles. The molecular formula is C10H15NO2. The lowest BCUT2D eigenvalue weighted by Gasteiger charge is -2.18. The molecule has 3 nitrogen and oxygen atoms in total. The van der Waals surface area contributed by atoms with E-state index in [1.807, 2.05) is 18.0 Å². The lowest BCUT2D eigenvalue weighted by molar-refractivity contribution is 0.290. The number of aliphatic hydroxyl groups excluding tert-OH is 1. The van der Waals surface area contributed by atoms with Crippen molar-refractivity contribution in [3.05, 3.63) is 24.3 Å². The van der Waals surface area contributed by atoms with Gasteiger partial charge in [-0.05, 0) is 18.6 Å². The van der Waals surface area contributed by atoms with E-state index in [-0.39, 0.29) is 12.4 Å². The SMILES string of the molecule is CN(CCCO)c1cccc(O)c1. The van der Waals surface area contributed by atoms with Crippen LogP contribution in [0.15, 0.2) is 24.3 Å². The summed E-state index contributed by atoms with van der Waals surface area (Å²) in [6, 6.07) is 7.08. The summed E-state index contributed by atoms with van der Waals surface area (Å²) in [5, 5.41) is 17.9. The lowest BCUT2D eigenvalue weighted by atomic mass is 10.2. The first-order valence-corrected chi connectivity index (χ1v) is 4.35. The number of nitrogens with zero attached hydrogens (tertiary/aromatic N) is 1. The van der Waals surface area contributed by atoms with Gasteiger partial charge in [0.25, 0.3) is 0 Å². The maximum absolute atomic E-state index is 9.21. The number of phenols is 1. The number of aromatic hydroxyl groups is 1. The number of phenolic OH excluding ortho intramolecular Hbond substituents is 1. The van der Waals surface area contributed by atoms with Crippen LogP contribution >= 0.6 is 0 Å². The van der Waals surface area contributed by atoms with Crippen molar-refractivity contribution in [1.29, 1.82) is 0 Å². The first-order valence-electron chi connectivity index (χ1n) is 4.35. The van der Waals surface area contributed by atoms with E-state index >= 15 is 0 Å². The van der Waals surface area contributed by atoms with Crippen LogP contribution in [-0.2, 0) is 0 Å². The molecule has 0 bridgehead atoms. The van der Waals surface area contributed by atoms with Crippen molar-refractivity contribution in [3.63, 3.8) is 0 Å². The zero-order valence-corrected chi connectivity index (χ0v) is 7.77. The Morgan fingerprint density at radius 1 is 1.38 bits per heavy atom. The van der Waals surface area contributed by atoms with E-state index < -0.39 is 0 Å². The fraction of sp³-hybridized carbons (Fsp3) is 0.400. The molecule has 1 aromatic rings. The fourth-order valence-corrected chi connectivity index (χ4v) is 1.17. The minimum absolute atomic E-state index is 0.198. The minimum Gasteiger partial charge on any atom is -0.508 e. The van der Waals surface area contributed by atoms with Gasteiger partial charge in [0.2, 0.25) is 0 Å². The second-order valence-corrected chi connectivity index (χ2v) is 3.02. The Hall–Kier alpha value is -1.22. The highest BCUT2D eigenvalue weighted by molar-refractivity contribution is 5.49. The van der Waals surface area contributed by atoms with Crippen molar-refractivity contribution in [3.8, 4) is 5.75 Å². The molecule has 0 heterocycles. The zero-order chi connectivity index (χ0) is 9.68. The van der Waals surface area contributed by atoms with Gasteiger partial charge in [-0.2, -0.15) is 0 Å². The van der Waals surface area contributed by atoms with Gasteiger partial charge in [0.05, 0.1) is 0 Å². The molecule has 0 saturated carbocycles. The maximum Gasteiger partial charge on any atom is 0.117 e. The average molecular weight is 181 g/mol. The third-order valence-electron chi connectivity index (χ3n) is 1.92. The molecule has 0 aliphatic heterocycles. The summed E-state index contributed by atoms with van der Waals surface area (Å²) in [4.78, 5) is 2.00. The highest BCUT2D eigenvalue weighted by Gasteiger charge is 1.99. The van der Waals surface area contributed by atoms with Crippen molar-refractivity contribution in [2.75, 3.05) is 25.1 Å². The Morgan fingerprint density at radius 2 is 2.15 bits per heavy atom. The number of aliphatic hydroxyl groups is 1. The average Bonchev–Trinajstić information content (AvgIpc) is 2.14. The molecule has 1 rings (SSSR count). The second-order valence-electron chi connectivity index (χ2n) is 3.02. The number of benzene rings is 1. The Morgan fingerprint density at radius 3 is 2.77 bits per heavy atom. The van der Waals surface area contributed by atoms with E-state index in [2.05, 4.69) is 0 Å². The molecule has 0 fully saturated rings. The molecule has 2 N–H and O–H groups in total. The number of hydrogen-bond donors (Lipinski definition) is 2. The Balaban J connectivity index is 2.60. The molecule has 72 valence electrons. The van der Waals surface area contributed by atoms with Gasteiger partial charge in [-0.1, -0.05) is 6.07 Å². The van der Waals surface area contributed by atoms with E-state index in [4.69, 9.17) is 5.11 Å². The number of rotatable bonds is 4. The molecule has 0 atom stereocenters. The highest BCUT2D eigenvalue weighted by Crippen LogP contribution is 2.18. The summed E-state index contributed by atoms with van der Waals surface area (Å²) in [7, 11) is 1.93. The van der Waals surface area contributed by atoms with E-state index in [1.165, 1.54) is 0 Å². The van der Waals surface area contributed by atoms with Crippen LogP contribution in [0.2, 0.25) is 0 Å². The first-order chi connectivity index (χ1) is 6.24. The van der Waals surface area contributed by atoms with Crippen LogP contribution in [0.3, 0.4) is 0 Å². The number of anilines is 1. The van der Waals surface area contributed by atoms with Crippen molar-refractivity contribution in [2.45, 2.75) is 6.42 Å². The molecule has 0 saturated heterocycles. The van der Waals surface area contributed by atoms with Gasteiger partial charge in [0.15, 0.2) is 0 Å². The molecule has 0 aliphatic carbocycles. The van der Waals surface area contributed by atoms with Gasteiger partial charge in [0, 0.05) is 32.0 Å². The predicted molar refractivity (Wildman–Crippen MR) is 53.1 cm³/mol. The largest absolute Gasteiger partial charge is 0.508 e. The summed E-state index contributed by atoms with van der Waals surface area (Å²) in [5.74, 6) is 0.272. The molecule has 0 radical (unpaired) electrons. The molecule has 0 aliphatic rings. The highest BCUT2D eigenvalue weighted by atomic mass is 16.3. The molecule has 0 amide bonds. The number of hydrogen-bond acceptors (Lipinski definition) is 3. The van der Waals surface area contributed by atoms with Gasteiger partial charge < -0.3 is 15.1 Å². The van der Waals surface area contributed by atoms with Crippen LogP contribution in [0, 0.1) is 0 Å². The van der Waals surface area contributed by atoms with Crippen LogP contribution < -0.4 is 4.90 Å². The summed E-state index contributed by atoms with van der Waals surface area (Å²) < 4.78 is 0. The Kier molecular flexibility index (Phi) is 3.58. The van der Waals surface area contributed by atoms with E-state index in [1.54, 1.807) is 18.2 Å². The maximum atomic E-state index is 9.21. The summed E-state index contributed by atoms with van der Waals surface area (Å²) in [6.45, 7) is 0.989. The van der Waals surface area contributed by atoms with Crippen molar-refractivity contribution >= 4 is 5.69 Å². The Labute approximate surface area is 78.2 Å². The predicted octanol–water partition coefficient (Wildman–Crippen LogP) is 1.21. The van der Waals surface area contributed by atoms with Gasteiger partial charge in [-0.3, -0.25) is 0 Å². The summed E-state index contributed by atoms with van der Waals surface area (Å²) in [6.07, 6.45) is 0.742. The van der Waals surface area contributed by atoms with Gasteiger partial charge >= 0.3 is 0 Å². The third-order valence-corrected chi connectivity index (χ3v) is 1.92. The standard InChI is InChI=1S/C10H15NO2/c1-11(6-3-7-12)9-4-2-5-10(13)8-9/h2,4-5,8,12-13H,3,6-7H2,1H3.